The molecule has 0 bridgehead atoms. The van der Waals surface area contributed by atoms with Crippen molar-refractivity contribution in [1.82, 2.24) is 0 Å². The van der Waals surface area contributed by atoms with Gasteiger partial charge in [-0.2, -0.15) is 0 Å². The molecule has 0 saturated heterocycles. The number of rotatable bonds is 1. The Morgan fingerprint density at radius 3 is 2.65 bits per heavy atom. The van der Waals surface area contributed by atoms with Crippen molar-refractivity contribution in [2.75, 3.05) is 0 Å². The van der Waals surface area contributed by atoms with Crippen LogP contribution in [0.3, 0.4) is 0 Å². The van der Waals surface area contributed by atoms with Crippen molar-refractivity contribution in [2.45, 2.75) is 19.8 Å². The average molecular weight is 270 g/mol. The lowest BCUT2D eigenvalue weighted by molar-refractivity contribution is 0.388. The normalized spacial score (nSPS) is 15.1. The second-order valence-corrected chi connectivity index (χ2v) is 4.99. The minimum Gasteiger partial charge on any atom is -0.512 e. The number of hydrogen-bond donors (Lipinski definition) is 2. The molecule has 2 aromatic rings. The van der Waals surface area contributed by atoms with Crippen molar-refractivity contribution in [1.29, 1.82) is 0 Å². The highest BCUT2D eigenvalue weighted by Gasteiger charge is 2.16. The van der Waals surface area contributed by atoms with E-state index in [1.54, 1.807) is 24.3 Å². The van der Waals surface area contributed by atoms with Crippen LogP contribution < -0.4 is 5.43 Å². The lowest BCUT2D eigenvalue weighted by Gasteiger charge is -2.11. The minimum absolute atomic E-state index is 0.0644. The zero-order valence-corrected chi connectivity index (χ0v) is 11.0. The Bertz CT molecular complexity index is 809. The van der Waals surface area contributed by atoms with Crippen LogP contribution in [0.1, 0.15) is 24.0 Å². The van der Waals surface area contributed by atoms with Crippen molar-refractivity contribution in [3.63, 3.8) is 0 Å². The van der Waals surface area contributed by atoms with Crippen LogP contribution in [0, 0.1) is 6.92 Å². The molecule has 102 valence electrons. The first-order valence-corrected chi connectivity index (χ1v) is 6.40. The fourth-order valence-electron chi connectivity index (χ4n) is 2.44. The van der Waals surface area contributed by atoms with E-state index >= 15 is 0 Å². The quantitative estimate of drug-likeness (QED) is 0.832. The molecule has 3 rings (SSSR count). The molecule has 1 aromatic heterocycles. The number of aryl methyl sites for hydroxylation is 1. The molecule has 0 saturated carbocycles. The summed E-state index contributed by atoms with van der Waals surface area (Å²) < 4.78 is 5.48. The van der Waals surface area contributed by atoms with Gasteiger partial charge in [0.25, 0.3) is 0 Å². The summed E-state index contributed by atoms with van der Waals surface area (Å²) in [5.41, 5.74) is 2.20. The summed E-state index contributed by atoms with van der Waals surface area (Å²) in [6.45, 7) is 1.82. The summed E-state index contributed by atoms with van der Waals surface area (Å²) in [7, 11) is 0. The molecular formula is C16H14O4. The van der Waals surface area contributed by atoms with Crippen molar-refractivity contribution in [3.05, 3.63) is 57.7 Å². The van der Waals surface area contributed by atoms with Gasteiger partial charge in [0, 0.05) is 6.42 Å². The molecule has 4 nitrogen and oxygen atoms in total. The van der Waals surface area contributed by atoms with Gasteiger partial charge < -0.3 is 14.6 Å². The molecule has 0 unspecified atom stereocenters. The molecule has 1 aromatic carbocycles. The summed E-state index contributed by atoms with van der Waals surface area (Å²) in [5.74, 6) is 0.239. The molecule has 0 aliphatic heterocycles. The van der Waals surface area contributed by atoms with Gasteiger partial charge in [-0.1, -0.05) is 6.08 Å². The Hall–Kier alpha value is -2.49. The van der Waals surface area contributed by atoms with Crippen LogP contribution in [-0.2, 0) is 0 Å². The maximum atomic E-state index is 12.5. The molecule has 0 radical (unpaired) electrons. The van der Waals surface area contributed by atoms with Crippen LogP contribution in [0.5, 0.6) is 5.75 Å². The van der Waals surface area contributed by atoms with Gasteiger partial charge in [0.15, 0.2) is 0 Å². The molecule has 0 spiro atoms. The topological polar surface area (TPSA) is 70.7 Å². The first kappa shape index (κ1) is 12.5. The largest absolute Gasteiger partial charge is 0.512 e. The first-order chi connectivity index (χ1) is 9.56. The average Bonchev–Trinajstić information content (AvgIpc) is 2.39. The van der Waals surface area contributed by atoms with Gasteiger partial charge in [0.05, 0.1) is 11.3 Å². The third-order valence-electron chi connectivity index (χ3n) is 3.47. The number of hydrogen-bond acceptors (Lipinski definition) is 4. The van der Waals surface area contributed by atoms with Crippen LogP contribution in [0.2, 0.25) is 0 Å². The van der Waals surface area contributed by atoms with Gasteiger partial charge in [-0.15, -0.1) is 0 Å². The van der Waals surface area contributed by atoms with Gasteiger partial charge in [-0.05, 0) is 42.7 Å². The Morgan fingerprint density at radius 2 is 1.95 bits per heavy atom. The van der Waals surface area contributed by atoms with Crippen molar-refractivity contribution >= 4 is 16.5 Å². The van der Waals surface area contributed by atoms with Crippen LogP contribution in [0.25, 0.3) is 16.5 Å². The fraction of sp³-hybridized carbons (Fsp3) is 0.188. The SMILES string of the molecule is Cc1cc(O)c2c(=O)c(C3=CC=C(O)CC3)coc2c1. The van der Waals surface area contributed by atoms with E-state index in [4.69, 9.17) is 4.42 Å². The minimum atomic E-state index is -0.246. The predicted octanol–water partition coefficient (Wildman–Crippen LogP) is 3.43. The molecule has 0 fully saturated rings. The summed E-state index contributed by atoms with van der Waals surface area (Å²) in [4.78, 5) is 12.5. The fourth-order valence-corrected chi connectivity index (χ4v) is 2.44. The second kappa shape index (κ2) is 4.56. The standard InChI is InChI=1S/C16H14O4/c1-9-6-13(18)15-14(7-9)20-8-12(16(15)19)10-2-4-11(17)5-3-10/h2,4,6-8,17-18H,3,5H2,1H3. The summed E-state index contributed by atoms with van der Waals surface area (Å²) in [6, 6.07) is 3.27. The molecule has 4 heteroatoms. The Balaban J connectivity index is 2.25. The summed E-state index contributed by atoms with van der Waals surface area (Å²) in [6.07, 6.45) is 5.79. The van der Waals surface area contributed by atoms with Crippen molar-refractivity contribution < 1.29 is 14.6 Å². The molecule has 1 heterocycles. The summed E-state index contributed by atoms with van der Waals surface area (Å²) in [5, 5.41) is 19.5. The maximum absolute atomic E-state index is 12.5. The number of fused-ring (bicyclic) bond motifs is 1. The van der Waals surface area contributed by atoms with E-state index in [9.17, 15) is 15.0 Å². The zero-order valence-electron chi connectivity index (χ0n) is 11.0. The first-order valence-electron chi connectivity index (χ1n) is 6.40. The van der Waals surface area contributed by atoms with Gasteiger partial charge in [-0.25, -0.2) is 0 Å². The number of aliphatic hydroxyl groups is 1. The van der Waals surface area contributed by atoms with Gasteiger partial charge in [-0.3, -0.25) is 4.79 Å². The monoisotopic (exact) mass is 270 g/mol. The van der Waals surface area contributed by atoms with E-state index in [2.05, 4.69) is 0 Å². The van der Waals surface area contributed by atoms with E-state index in [0.29, 0.717) is 29.7 Å². The summed E-state index contributed by atoms with van der Waals surface area (Å²) >= 11 is 0. The van der Waals surface area contributed by atoms with Crippen LogP contribution in [-0.4, -0.2) is 10.2 Å². The number of benzene rings is 1. The molecule has 2 N–H and O–H groups in total. The lowest BCUT2D eigenvalue weighted by Crippen LogP contribution is -2.09. The lowest BCUT2D eigenvalue weighted by atomic mass is 9.96. The Labute approximate surface area is 115 Å². The third kappa shape index (κ3) is 1.99. The van der Waals surface area contributed by atoms with Crippen molar-refractivity contribution in [2.24, 2.45) is 0 Å². The van der Waals surface area contributed by atoms with E-state index < -0.39 is 0 Å². The molecule has 0 atom stereocenters. The molecule has 1 aliphatic carbocycles. The number of aromatic hydroxyl groups is 1. The maximum Gasteiger partial charge on any atom is 0.203 e. The zero-order chi connectivity index (χ0) is 14.3. The number of allylic oxidation sites excluding steroid dienone is 4. The third-order valence-corrected chi connectivity index (χ3v) is 3.47. The highest BCUT2D eigenvalue weighted by Crippen LogP contribution is 2.28. The van der Waals surface area contributed by atoms with Crippen molar-refractivity contribution in [3.8, 4) is 5.75 Å². The van der Waals surface area contributed by atoms with E-state index in [-0.39, 0.29) is 16.6 Å². The predicted molar refractivity (Wildman–Crippen MR) is 76.8 cm³/mol. The molecule has 20 heavy (non-hydrogen) atoms. The highest BCUT2D eigenvalue weighted by molar-refractivity contribution is 5.86. The van der Waals surface area contributed by atoms with E-state index in [1.165, 1.54) is 6.26 Å². The molecule has 0 amide bonds. The number of phenols is 1. The smallest absolute Gasteiger partial charge is 0.203 e. The second-order valence-electron chi connectivity index (χ2n) is 4.99. The molecule has 1 aliphatic rings. The Morgan fingerprint density at radius 1 is 1.15 bits per heavy atom. The number of aliphatic hydroxyl groups excluding tert-OH is 1. The highest BCUT2D eigenvalue weighted by atomic mass is 16.3. The number of phenolic OH excluding ortho intramolecular Hbond substituents is 1. The van der Waals surface area contributed by atoms with Gasteiger partial charge in [0.2, 0.25) is 5.43 Å². The van der Waals surface area contributed by atoms with E-state index in [1.807, 2.05) is 6.92 Å². The van der Waals surface area contributed by atoms with Crippen LogP contribution in [0.4, 0.5) is 0 Å². The molecular weight excluding hydrogens is 256 g/mol. The van der Waals surface area contributed by atoms with Gasteiger partial charge >= 0.3 is 0 Å². The van der Waals surface area contributed by atoms with Crippen LogP contribution >= 0.6 is 0 Å². The van der Waals surface area contributed by atoms with E-state index in [0.717, 1.165) is 11.1 Å². The van der Waals surface area contributed by atoms with Gasteiger partial charge in [0.1, 0.15) is 23.0 Å². The Kier molecular flexibility index (Phi) is 2.86. The van der Waals surface area contributed by atoms with Crippen LogP contribution in [0.15, 0.2) is 45.5 Å².